The highest BCUT2D eigenvalue weighted by atomic mass is 35.5. The van der Waals surface area contributed by atoms with Crippen LogP contribution in [0.3, 0.4) is 0 Å². The van der Waals surface area contributed by atoms with Crippen molar-refractivity contribution in [2.75, 3.05) is 39.2 Å². The maximum absolute atomic E-state index is 5.79. The van der Waals surface area contributed by atoms with Crippen LogP contribution in [0.2, 0.25) is 0 Å². The second kappa shape index (κ2) is 5.79. The third kappa shape index (κ3) is 3.30. The van der Waals surface area contributed by atoms with Gasteiger partial charge in [-0.3, -0.25) is 0 Å². The van der Waals surface area contributed by atoms with Crippen LogP contribution in [0.25, 0.3) is 0 Å². The van der Waals surface area contributed by atoms with E-state index in [1.807, 2.05) is 0 Å². The van der Waals surface area contributed by atoms with Crippen LogP contribution in [-0.4, -0.2) is 44.1 Å². The van der Waals surface area contributed by atoms with Crippen molar-refractivity contribution in [1.29, 1.82) is 0 Å². The number of hydrogen-bond acceptors (Lipinski definition) is 2. The van der Waals surface area contributed by atoms with Crippen molar-refractivity contribution in [3.63, 3.8) is 0 Å². The summed E-state index contributed by atoms with van der Waals surface area (Å²) < 4.78 is 5.03. The fraction of sp³-hybridized carbons (Fsp3) is 1.00. The number of piperidine rings is 1. The molecule has 0 spiro atoms. The summed E-state index contributed by atoms with van der Waals surface area (Å²) in [6.45, 7) is 4.32. The van der Waals surface area contributed by atoms with Crippen LogP contribution in [0.1, 0.15) is 12.8 Å². The molecule has 0 saturated carbocycles. The number of rotatable bonds is 4. The number of hydrogen-bond donors (Lipinski definition) is 0. The van der Waals surface area contributed by atoms with E-state index in [-0.39, 0.29) is 0 Å². The first kappa shape index (κ1) is 10.3. The molecule has 0 atom stereocenters. The van der Waals surface area contributed by atoms with E-state index >= 15 is 0 Å². The highest BCUT2D eigenvalue weighted by Gasteiger charge is 2.17. The van der Waals surface area contributed by atoms with Gasteiger partial charge in [-0.05, 0) is 31.8 Å². The van der Waals surface area contributed by atoms with E-state index in [0.717, 1.165) is 24.9 Å². The van der Waals surface area contributed by atoms with E-state index in [2.05, 4.69) is 4.90 Å². The number of ether oxygens (including phenoxy) is 1. The molecule has 1 saturated heterocycles. The fourth-order valence-electron chi connectivity index (χ4n) is 1.58. The molecule has 0 amide bonds. The van der Waals surface area contributed by atoms with Gasteiger partial charge >= 0.3 is 0 Å². The Morgan fingerprint density at radius 3 is 2.58 bits per heavy atom. The van der Waals surface area contributed by atoms with Crippen LogP contribution < -0.4 is 0 Å². The van der Waals surface area contributed by atoms with Gasteiger partial charge in [0.05, 0.1) is 6.61 Å². The Labute approximate surface area is 79.8 Å². The average molecular weight is 192 g/mol. The number of alkyl halides is 1. The van der Waals surface area contributed by atoms with Gasteiger partial charge in [-0.2, -0.15) is 0 Å². The minimum Gasteiger partial charge on any atom is -0.383 e. The third-order valence-electron chi connectivity index (χ3n) is 2.54. The molecule has 0 bridgehead atoms. The first-order chi connectivity index (χ1) is 5.86. The summed E-state index contributed by atoms with van der Waals surface area (Å²) in [6, 6.07) is 0. The smallest absolute Gasteiger partial charge is 0.0589 e. The highest BCUT2D eigenvalue weighted by molar-refractivity contribution is 6.18. The summed E-state index contributed by atoms with van der Waals surface area (Å²) in [7, 11) is 1.76. The van der Waals surface area contributed by atoms with Crippen molar-refractivity contribution in [1.82, 2.24) is 4.90 Å². The SMILES string of the molecule is COCCN1CCC(CCl)CC1. The predicted molar refractivity (Wildman–Crippen MR) is 51.8 cm³/mol. The minimum absolute atomic E-state index is 0.755. The van der Waals surface area contributed by atoms with Gasteiger partial charge in [0, 0.05) is 19.5 Å². The highest BCUT2D eigenvalue weighted by Crippen LogP contribution is 2.17. The van der Waals surface area contributed by atoms with Gasteiger partial charge in [0.1, 0.15) is 0 Å². The first-order valence-electron chi connectivity index (χ1n) is 4.64. The van der Waals surface area contributed by atoms with Crippen molar-refractivity contribution < 1.29 is 4.74 Å². The van der Waals surface area contributed by atoms with E-state index in [4.69, 9.17) is 16.3 Å². The van der Waals surface area contributed by atoms with E-state index < -0.39 is 0 Å². The second-order valence-corrected chi connectivity index (χ2v) is 3.74. The quantitative estimate of drug-likeness (QED) is 0.626. The average Bonchev–Trinajstić information content (AvgIpc) is 2.15. The van der Waals surface area contributed by atoms with Crippen LogP contribution in [0.15, 0.2) is 0 Å². The standard InChI is InChI=1S/C9H18ClNO/c1-12-7-6-11-4-2-9(8-10)3-5-11/h9H,2-8H2,1H3. The largest absolute Gasteiger partial charge is 0.383 e. The van der Waals surface area contributed by atoms with Crippen LogP contribution in [0.5, 0.6) is 0 Å². The summed E-state index contributed by atoms with van der Waals surface area (Å²) in [5.74, 6) is 1.59. The molecule has 0 radical (unpaired) electrons. The molecule has 1 heterocycles. The Hall–Kier alpha value is 0.210. The Bertz CT molecular complexity index is 113. The Balaban J connectivity index is 2.09. The van der Waals surface area contributed by atoms with Crippen molar-refractivity contribution in [3.05, 3.63) is 0 Å². The van der Waals surface area contributed by atoms with Crippen molar-refractivity contribution >= 4 is 11.6 Å². The Morgan fingerprint density at radius 1 is 1.42 bits per heavy atom. The van der Waals surface area contributed by atoms with Gasteiger partial charge in [0.15, 0.2) is 0 Å². The summed E-state index contributed by atoms with van der Waals surface area (Å²) in [5, 5.41) is 0. The van der Waals surface area contributed by atoms with Gasteiger partial charge in [0.25, 0.3) is 0 Å². The molecular formula is C9H18ClNO. The van der Waals surface area contributed by atoms with Gasteiger partial charge in [-0.15, -0.1) is 11.6 Å². The van der Waals surface area contributed by atoms with Crippen molar-refractivity contribution in [3.8, 4) is 0 Å². The van der Waals surface area contributed by atoms with Crippen molar-refractivity contribution in [2.45, 2.75) is 12.8 Å². The molecule has 1 fully saturated rings. The second-order valence-electron chi connectivity index (χ2n) is 3.43. The zero-order valence-electron chi connectivity index (χ0n) is 7.76. The Morgan fingerprint density at radius 2 is 2.08 bits per heavy atom. The lowest BCUT2D eigenvalue weighted by Crippen LogP contribution is -2.36. The molecule has 1 aliphatic rings. The predicted octanol–water partition coefficient (Wildman–Crippen LogP) is 1.58. The molecule has 2 nitrogen and oxygen atoms in total. The lowest BCUT2D eigenvalue weighted by atomic mass is 9.99. The van der Waals surface area contributed by atoms with Gasteiger partial charge in [-0.1, -0.05) is 0 Å². The number of methoxy groups -OCH3 is 1. The maximum atomic E-state index is 5.79. The lowest BCUT2D eigenvalue weighted by Gasteiger charge is -2.30. The molecule has 0 unspecified atom stereocenters. The normalized spacial score (nSPS) is 21.5. The van der Waals surface area contributed by atoms with Crippen LogP contribution in [0.4, 0.5) is 0 Å². The van der Waals surface area contributed by atoms with Crippen LogP contribution >= 0.6 is 11.6 Å². The molecule has 3 heteroatoms. The zero-order valence-corrected chi connectivity index (χ0v) is 8.52. The molecule has 0 N–H and O–H groups in total. The molecular weight excluding hydrogens is 174 g/mol. The summed E-state index contributed by atoms with van der Waals surface area (Å²) in [6.07, 6.45) is 2.51. The topological polar surface area (TPSA) is 12.5 Å². The molecule has 1 aliphatic heterocycles. The molecule has 1 rings (SSSR count). The van der Waals surface area contributed by atoms with E-state index in [0.29, 0.717) is 0 Å². The zero-order chi connectivity index (χ0) is 8.81. The van der Waals surface area contributed by atoms with Gasteiger partial charge in [0.2, 0.25) is 0 Å². The fourth-order valence-corrected chi connectivity index (χ4v) is 1.89. The summed E-state index contributed by atoms with van der Waals surface area (Å²) in [4.78, 5) is 2.45. The summed E-state index contributed by atoms with van der Waals surface area (Å²) in [5.41, 5.74) is 0. The molecule has 0 aromatic carbocycles. The van der Waals surface area contributed by atoms with Gasteiger partial charge in [-0.25, -0.2) is 0 Å². The third-order valence-corrected chi connectivity index (χ3v) is 2.97. The van der Waals surface area contributed by atoms with Crippen LogP contribution in [0, 0.1) is 5.92 Å². The molecule has 12 heavy (non-hydrogen) atoms. The molecule has 0 aliphatic carbocycles. The monoisotopic (exact) mass is 191 g/mol. The molecule has 72 valence electrons. The number of likely N-dealkylation sites (tertiary alicyclic amines) is 1. The number of halogens is 1. The number of nitrogens with zero attached hydrogens (tertiary/aromatic N) is 1. The van der Waals surface area contributed by atoms with Crippen molar-refractivity contribution in [2.24, 2.45) is 5.92 Å². The minimum atomic E-state index is 0.755. The first-order valence-corrected chi connectivity index (χ1v) is 5.17. The van der Waals surface area contributed by atoms with E-state index in [9.17, 15) is 0 Å². The van der Waals surface area contributed by atoms with Gasteiger partial charge < -0.3 is 9.64 Å². The Kier molecular flexibility index (Phi) is 4.96. The van der Waals surface area contributed by atoms with E-state index in [1.54, 1.807) is 7.11 Å². The molecule has 0 aromatic heterocycles. The summed E-state index contributed by atoms with van der Waals surface area (Å²) >= 11 is 5.79. The molecule has 0 aromatic rings. The lowest BCUT2D eigenvalue weighted by molar-refractivity contribution is 0.124. The van der Waals surface area contributed by atoms with Crippen LogP contribution in [-0.2, 0) is 4.74 Å². The van der Waals surface area contributed by atoms with E-state index in [1.165, 1.54) is 25.9 Å². The maximum Gasteiger partial charge on any atom is 0.0589 e.